The average molecular weight is 300 g/mol. The van der Waals surface area contributed by atoms with Crippen LogP contribution in [-0.2, 0) is 13.0 Å². The summed E-state index contributed by atoms with van der Waals surface area (Å²) in [7, 11) is 1.58. The monoisotopic (exact) mass is 300 g/mol. The number of hydrogen-bond donors (Lipinski definition) is 1. The van der Waals surface area contributed by atoms with Crippen molar-refractivity contribution >= 4 is 23.4 Å². The first-order valence-corrected chi connectivity index (χ1v) is 7.19. The van der Waals surface area contributed by atoms with Gasteiger partial charge in [-0.15, -0.1) is 0 Å². The van der Waals surface area contributed by atoms with E-state index < -0.39 is 0 Å². The number of aryl methyl sites for hydroxylation is 1. The van der Waals surface area contributed by atoms with E-state index in [1.807, 2.05) is 4.57 Å². The molecule has 1 aromatic carbocycles. The fourth-order valence-electron chi connectivity index (χ4n) is 2.31. The van der Waals surface area contributed by atoms with E-state index in [-0.39, 0.29) is 0 Å². The lowest BCUT2D eigenvalue weighted by atomic mass is 10.1. The SMILES string of the molecule is CCc1ccc(Cn2c(=S)[nH]c3c(OC)ncnc32)cc1. The van der Waals surface area contributed by atoms with Gasteiger partial charge in [-0.1, -0.05) is 31.2 Å². The molecule has 2 aromatic heterocycles. The number of nitrogens with one attached hydrogen (secondary N) is 1. The number of nitrogens with zero attached hydrogens (tertiary/aromatic N) is 3. The van der Waals surface area contributed by atoms with Crippen molar-refractivity contribution in [3.63, 3.8) is 0 Å². The van der Waals surface area contributed by atoms with Crippen LogP contribution in [0, 0.1) is 4.77 Å². The van der Waals surface area contributed by atoms with E-state index in [1.165, 1.54) is 17.5 Å². The van der Waals surface area contributed by atoms with Crippen LogP contribution >= 0.6 is 12.2 Å². The molecular formula is C15H16N4OS. The Labute approximate surface area is 127 Å². The number of imidazole rings is 1. The molecule has 21 heavy (non-hydrogen) atoms. The highest BCUT2D eigenvalue weighted by atomic mass is 32.1. The Morgan fingerprint density at radius 2 is 1.90 bits per heavy atom. The summed E-state index contributed by atoms with van der Waals surface area (Å²) in [6.45, 7) is 2.82. The smallest absolute Gasteiger partial charge is 0.242 e. The second kappa shape index (κ2) is 5.65. The van der Waals surface area contributed by atoms with E-state index >= 15 is 0 Å². The molecule has 0 aliphatic rings. The Morgan fingerprint density at radius 1 is 1.19 bits per heavy atom. The number of rotatable bonds is 4. The third-order valence-electron chi connectivity index (χ3n) is 3.49. The van der Waals surface area contributed by atoms with Crippen LogP contribution < -0.4 is 4.74 Å². The molecule has 0 fully saturated rings. The molecule has 0 unspecified atom stereocenters. The number of methoxy groups -OCH3 is 1. The van der Waals surface area contributed by atoms with E-state index in [0.29, 0.717) is 17.2 Å². The van der Waals surface area contributed by atoms with Crippen LogP contribution in [0.4, 0.5) is 0 Å². The van der Waals surface area contributed by atoms with E-state index in [2.05, 4.69) is 46.1 Å². The maximum Gasteiger partial charge on any atom is 0.242 e. The lowest BCUT2D eigenvalue weighted by molar-refractivity contribution is 0.401. The quantitative estimate of drug-likeness (QED) is 0.752. The molecule has 3 rings (SSSR count). The molecule has 6 heteroatoms. The highest BCUT2D eigenvalue weighted by molar-refractivity contribution is 7.71. The van der Waals surface area contributed by atoms with Crippen molar-refractivity contribution in [2.24, 2.45) is 0 Å². The van der Waals surface area contributed by atoms with Crippen LogP contribution in [0.15, 0.2) is 30.6 Å². The molecular weight excluding hydrogens is 284 g/mol. The zero-order valence-corrected chi connectivity index (χ0v) is 12.8. The number of aromatic amines is 1. The molecule has 0 aliphatic carbocycles. The van der Waals surface area contributed by atoms with Crippen LogP contribution in [0.1, 0.15) is 18.1 Å². The molecule has 1 N–H and O–H groups in total. The van der Waals surface area contributed by atoms with Crippen LogP contribution in [0.2, 0.25) is 0 Å². The van der Waals surface area contributed by atoms with Crippen LogP contribution in [-0.4, -0.2) is 26.6 Å². The van der Waals surface area contributed by atoms with Gasteiger partial charge in [-0.25, -0.2) is 4.98 Å². The molecule has 0 bridgehead atoms. The van der Waals surface area contributed by atoms with Crippen molar-refractivity contribution in [2.45, 2.75) is 19.9 Å². The summed E-state index contributed by atoms with van der Waals surface area (Å²) in [6, 6.07) is 8.53. The van der Waals surface area contributed by atoms with Gasteiger partial charge in [0.15, 0.2) is 10.4 Å². The fraction of sp³-hybridized carbons (Fsp3) is 0.267. The lowest BCUT2D eigenvalue weighted by Crippen LogP contribution is -2.01. The molecule has 0 radical (unpaired) electrons. The summed E-state index contributed by atoms with van der Waals surface area (Å²) < 4.78 is 7.80. The predicted octanol–water partition coefficient (Wildman–Crippen LogP) is 3.11. The van der Waals surface area contributed by atoms with Gasteiger partial charge in [0.25, 0.3) is 0 Å². The predicted molar refractivity (Wildman–Crippen MR) is 84.2 cm³/mol. The summed E-state index contributed by atoms with van der Waals surface area (Å²) in [4.78, 5) is 11.5. The Bertz CT molecular complexity index is 820. The summed E-state index contributed by atoms with van der Waals surface area (Å²) in [5, 5.41) is 0. The standard InChI is InChI=1S/C15H16N4OS/c1-3-10-4-6-11(7-5-10)8-19-13-12(18-15(19)21)14(20-2)17-9-16-13/h4-7,9H,3,8H2,1-2H3,(H,18,21). The zero-order valence-electron chi connectivity index (χ0n) is 12.0. The van der Waals surface area contributed by atoms with Crippen molar-refractivity contribution < 1.29 is 4.74 Å². The Morgan fingerprint density at radius 3 is 2.57 bits per heavy atom. The van der Waals surface area contributed by atoms with Crippen molar-refractivity contribution in [3.05, 3.63) is 46.5 Å². The highest BCUT2D eigenvalue weighted by Crippen LogP contribution is 2.21. The minimum absolute atomic E-state index is 0.506. The Balaban J connectivity index is 2.03. The maximum absolute atomic E-state index is 5.39. The summed E-state index contributed by atoms with van der Waals surface area (Å²) >= 11 is 5.39. The maximum atomic E-state index is 5.39. The van der Waals surface area contributed by atoms with Crippen molar-refractivity contribution in [1.82, 2.24) is 19.5 Å². The number of H-pyrrole nitrogens is 1. The average Bonchev–Trinajstić information content (AvgIpc) is 2.84. The highest BCUT2D eigenvalue weighted by Gasteiger charge is 2.11. The second-order valence-corrected chi connectivity index (χ2v) is 5.15. The third kappa shape index (κ3) is 2.54. The number of benzene rings is 1. The summed E-state index contributed by atoms with van der Waals surface area (Å²) in [5.41, 5.74) is 3.99. The number of ether oxygens (including phenoxy) is 1. The molecule has 108 valence electrons. The first kappa shape index (κ1) is 13.8. The van der Waals surface area contributed by atoms with Gasteiger partial charge in [-0.2, -0.15) is 4.98 Å². The van der Waals surface area contributed by atoms with Gasteiger partial charge < -0.3 is 9.72 Å². The largest absolute Gasteiger partial charge is 0.479 e. The van der Waals surface area contributed by atoms with Crippen molar-refractivity contribution in [2.75, 3.05) is 7.11 Å². The molecule has 0 saturated carbocycles. The van der Waals surface area contributed by atoms with Gasteiger partial charge in [0.2, 0.25) is 5.88 Å². The van der Waals surface area contributed by atoms with Gasteiger partial charge in [0.1, 0.15) is 11.8 Å². The van der Waals surface area contributed by atoms with Crippen LogP contribution in [0.3, 0.4) is 0 Å². The van der Waals surface area contributed by atoms with Crippen molar-refractivity contribution in [1.29, 1.82) is 0 Å². The zero-order chi connectivity index (χ0) is 14.8. The van der Waals surface area contributed by atoms with Crippen LogP contribution in [0.25, 0.3) is 11.2 Å². The van der Waals surface area contributed by atoms with Gasteiger partial charge in [0.05, 0.1) is 13.7 Å². The molecule has 0 saturated heterocycles. The summed E-state index contributed by atoms with van der Waals surface area (Å²) in [6.07, 6.45) is 2.53. The molecule has 0 atom stereocenters. The normalized spacial score (nSPS) is 11.0. The van der Waals surface area contributed by atoms with E-state index in [1.54, 1.807) is 7.11 Å². The van der Waals surface area contributed by atoms with Crippen molar-refractivity contribution in [3.8, 4) is 5.88 Å². The first-order chi connectivity index (χ1) is 10.2. The summed E-state index contributed by atoms with van der Waals surface area (Å²) in [5.74, 6) is 0.506. The molecule has 2 heterocycles. The number of fused-ring (bicyclic) bond motifs is 1. The minimum Gasteiger partial charge on any atom is -0.479 e. The number of aromatic nitrogens is 4. The van der Waals surface area contributed by atoms with E-state index in [0.717, 1.165) is 17.6 Å². The van der Waals surface area contributed by atoms with Gasteiger partial charge in [-0.3, -0.25) is 4.57 Å². The van der Waals surface area contributed by atoms with E-state index in [4.69, 9.17) is 17.0 Å². The third-order valence-corrected chi connectivity index (χ3v) is 3.81. The second-order valence-electron chi connectivity index (χ2n) is 4.77. The fourth-order valence-corrected chi connectivity index (χ4v) is 2.56. The minimum atomic E-state index is 0.506. The first-order valence-electron chi connectivity index (χ1n) is 6.78. The molecule has 5 nitrogen and oxygen atoms in total. The topological polar surface area (TPSA) is 55.7 Å². The van der Waals surface area contributed by atoms with Gasteiger partial charge in [-0.05, 0) is 29.8 Å². The number of hydrogen-bond acceptors (Lipinski definition) is 4. The molecule has 0 amide bonds. The van der Waals surface area contributed by atoms with E-state index in [9.17, 15) is 0 Å². The lowest BCUT2D eigenvalue weighted by Gasteiger charge is -2.05. The molecule has 3 aromatic rings. The van der Waals surface area contributed by atoms with Gasteiger partial charge >= 0.3 is 0 Å². The van der Waals surface area contributed by atoms with Gasteiger partial charge in [0, 0.05) is 0 Å². The van der Waals surface area contributed by atoms with Crippen LogP contribution in [0.5, 0.6) is 5.88 Å². The Kier molecular flexibility index (Phi) is 3.70. The molecule has 0 aliphatic heterocycles. The molecule has 0 spiro atoms. The Hall–Kier alpha value is -2.21.